The van der Waals surface area contributed by atoms with Gasteiger partial charge in [0.15, 0.2) is 5.96 Å². The van der Waals surface area contributed by atoms with Gasteiger partial charge < -0.3 is 37.7 Å². The predicted octanol–water partition coefficient (Wildman–Crippen LogP) is 4.20. The number of thiazole rings is 1. The molecule has 2 heterocycles. The van der Waals surface area contributed by atoms with Crippen molar-refractivity contribution in [2.75, 3.05) is 25.4 Å². The van der Waals surface area contributed by atoms with E-state index in [1.165, 1.54) is 30.0 Å². The largest absolute Gasteiger partial charge is 0.492 e. The fraction of sp³-hybridized carbons (Fsp3) is 0.265. The van der Waals surface area contributed by atoms with Gasteiger partial charge in [-0.3, -0.25) is 9.79 Å². The van der Waals surface area contributed by atoms with Crippen LogP contribution in [-0.4, -0.2) is 69.6 Å². The van der Waals surface area contributed by atoms with Gasteiger partial charge >= 0.3 is 5.97 Å². The van der Waals surface area contributed by atoms with E-state index in [4.69, 9.17) is 44.3 Å². The Morgan fingerprint density at radius 2 is 1.75 bits per heavy atom. The second-order valence-corrected chi connectivity index (χ2v) is 13.3. The number of nitriles is 2. The van der Waals surface area contributed by atoms with Gasteiger partial charge in [-0.25, -0.2) is 14.8 Å². The normalized spacial score (nSPS) is 11.9. The first-order valence-electron chi connectivity index (χ1n) is 15.5. The molecule has 51 heavy (non-hydrogen) atoms. The number of ether oxygens (including phenoxy) is 1. The van der Waals surface area contributed by atoms with E-state index in [0.29, 0.717) is 39.1 Å². The first-order chi connectivity index (χ1) is 24.4. The summed E-state index contributed by atoms with van der Waals surface area (Å²) in [6.07, 6.45) is 0.692. The summed E-state index contributed by atoms with van der Waals surface area (Å²) in [6.45, 7) is 1.60. The molecule has 9 N–H and O–H groups in total. The van der Waals surface area contributed by atoms with Crippen molar-refractivity contribution >= 4 is 58.4 Å². The Morgan fingerprint density at radius 3 is 2.37 bits per heavy atom. The van der Waals surface area contributed by atoms with Crippen LogP contribution >= 0.6 is 34.7 Å². The van der Waals surface area contributed by atoms with E-state index in [2.05, 4.69) is 22.1 Å². The number of pyridine rings is 1. The number of carboxylic acids is 1. The predicted molar refractivity (Wildman–Crippen MR) is 198 cm³/mol. The summed E-state index contributed by atoms with van der Waals surface area (Å²) >= 11 is 8.78. The molecule has 264 valence electrons. The molecule has 17 heteroatoms. The second-order valence-electron chi connectivity index (χ2n) is 11.1. The fourth-order valence-corrected chi connectivity index (χ4v) is 6.84. The van der Waals surface area contributed by atoms with Crippen LogP contribution in [0.4, 0.5) is 5.82 Å². The molecule has 2 aromatic carbocycles. The third-order valence-corrected chi connectivity index (χ3v) is 9.75. The molecule has 0 aliphatic heterocycles. The number of thioether (sulfide) groups is 1. The molecule has 2 aromatic heterocycles. The smallest absolute Gasteiger partial charge is 0.326 e. The van der Waals surface area contributed by atoms with E-state index in [0.717, 1.165) is 21.2 Å². The Balaban J connectivity index is 1.46. The van der Waals surface area contributed by atoms with Crippen LogP contribution in [0.2, 0.25) is 5.02 Å². The summed E-state index contributed by atoms with van der Waals surface area (Å²) < 4.78 is 5.84. The number of guanidine groups is 1. The summed E-state index contributed by atoms with van der Waals surface area (Å²) in [5.41, 5.74) is 25.8. The summed E-state index contributed by atoms with van der Waals surface area (Å²) in [5.74, 6) is -0.997. The number of carbonyl (C=O) groups excluding carboxylic acids is 1. The Morgan fingerprint density at radius 1 is 1.08 bits per heavy atom. The number of amides is 1. The number of benzene rings is 2. The zero-order valence-corrected chi connectivity index (χ0v) is 29.8. The number of aromatic nitrogens is 2. The zero-order valence-electron chi connectivity index (χ0n) is 27.5. The molecule has 0 spiro atoms. The number of nitrogens with zero attached hydrogens (tertiary/aromatic N) is 6. The van der Waals surface area contributed by atoms with Crippen molar-refractivity contribution in [1.82, 2.24) is 14.9 Å². The summed E-state index contributed by atoms with van der Waals surface area (Å²) in [6, 6.07) is 16.2. The average Bonchev–Trinajstić information content (AvgIpc) is 3.59. The Kier molecular flexibility index (Phi) is 13.6. The highest BCUT2D eigenvalue weighted by atomic mass is 35.5. The first kappa shape index (κ1) is 38.4. The van der Waals surface area contributed by atoms with Crippen LogP contribution in [0.3, 0.4) is 0 Å². The zero-order chi connectivity index (χ0) is 37.1. The summed E-state index contributed by atoms with van der Waals surface area (Å²) in [4.78, 5) is 38.9. The number of anilines is 1. The molecule has 0 bridgehead atoms. The first-order valence-corrected chi connectivity index (χ1v) is 17.7. The van der Waals surface area contributed by atoms with Crippen LogP contribution < -0.4 is 27.7 Å². The molecule has 4 rings (SSSR count). The molecule has 0 aliphatic carbocycles. The van der Waals surface area contributed by atoms with Gasteiger partial charge in [0.2, 0.25) is 5.91 Å². The van der Waals surface area contributed by atoms with E-state index in [9.17, 15) is 25.2 Å². The highest BCUT2D eigenvalue weighted by molar-refractivity contribution is 7.98. The minimum Gasteiger partial charge on any atom is -0.492 e. The Hall–Kier alpha value is -5.39. The van der Waals surface area contributed by atoms with E-state index < -0.39 is 24.0 Å². The number of aliphatic imine (C=N–C) groups is 1. The molecule has 0 radical (unpaired) electrons. The van der Waals surface area contributed by atoms with Gasteiger partial charge in [-0.2, -0.15) is 10.5 Å². The third kappa shape index (κ3) is 10.1. The number of halogens is 1. The maximum Gasteiger partial charge on any atom is 0.326 e. The van der Waals surface area contributed by atoms with E-state index >= 15 is 0 Å². The third-order valence-electron chi connectivity index (χ3n) is 7.55. The number of rotatable bonds is 16. The van der Waals surface area contributed by atoms with E-state index in [1.807, 2.05) is 17.5 Å². The van der Waals surface area contributed by atoms with Crippen molar-refractivity contribution < 1.29 is 19.4 Å². The van der Waals surface area contributed by atoms with Gasteiger partial charge in [-0.15, -0.1) is 11.3 Å². The van der Waals surface area contributed by atoms with Crippen molar-refractivity contribution in [2.24, 2.45) is 22.2 Å². The summed E-state index contributed by atoms with van der Waals surface area (Å²) in [5, 5.41) is 33.5. The number of hydrogen-bond donors (Lipinski definition) is 5. The Labute approximate surface area is 307 Å². The number of hydrogen-bond acceptors (Lipinski definition) is 12. The molecular formula is C34H35ClN10O4S2. The van der Waals surface area contributed by atoms with Crippen molar-refractivity contribution in [2.45, 2.75) is 42.6 Å². The lowest BCUT2D eigenvalue weighted by Crippen LogP contribution is -2.51. The molecule has 0 unspecified atom stereocenters. The van der Waals surface area contributed by atoms with Gasteiger partial charge in [-0.1, -0.05) is 47.6 Å². The highest BCUT2D eigenvalue weighted by Gasteiger charge is 2.29. The molecule has 1 amide bonds. The maximum absolute atomic E-state index is 13.1. The van der Waals surface area contributed by atoms with Crippen LogP contribution in [0.25, 0.3) is 21.7 Å². The monoisotopic (exact) mass is 746 g/mol. The lowest BCUT2D eigenvalue weighted by molar-refractivity contribution is -0.150. The lowest BCUT2D eigenvalue weighted by Gasteiger charge is -2.29. The SMILES string of the molecule is C[C@@H](C(=O)O)N(CCOc1ccc(-c2c(C#N)c(N)nc(SCc3csc(-c4ccc(Cl)cc4)n3)c2C#N)cc1)C(=O)[C@@H](N)CCCN=C(N)N. The van der Waals surface area contributed by atoms with Crippen LogP contribution in [0.15, 0.2) is 63.9 Å². The van der Waals surface area contributed by atoms with E-state index in [-0.39, 0.29) is 49.0 Å². The van der Waals surface area contributed by atoms with Gasteiger partial charge in [0.1, 0.15) is 52.0 Å². The molecule has 14 nitrogen and oxygen atoms in total. The quantitative estimate of drug-likeness (QED) is 0.0467. The van der Waals surface area contributed by atoms with Crippen LogP contribution in [0.1, 0.15) is 36.6 Å². The second kappa shape index (κ2) is 18.0. The Bertz CT molecular complexity index is 1970. The average molecular weight is 747 g/mol. The minimum atomic E-state index is -1.19. The number of nitrogens with two attached hydrogens (primary N) is 4. The molecule has 0 saturated carbocycles. The van der Waals surface area contributed by atoms with Gasteiger partial charge in [-0.05, 0) is 49.6 Å². The molecule has 4 aromatic rings. The standard InChI is InChI=1S/C34H35ClN10O4S2/c1-19(33(47)48)45(32(46)27(38)3-2-12-42-34(40)41)13-14-49-24-10-6-20(7-11-24)28-25(15-36)29(39)44-31(26(28)16-37)51-18-23-17-50-30(43-23)21-4-8-22(35)9-5-21/h4-11,17,19,27H,2-3,12-14,18,38H2,1H3,(H2,39,44)(H,47,48)(H4,40,41,42)/t19-,27-/m0/s1. The van der Waals surface area contributed by atoms with Crippen molar-refractivity contribution in [3.63, 3.8) is 0 Å². The molecule has 0 aliphatic rings. The molecule has 2 atom stereocenters. The van der Waals surface area contributed by atoms with Gasteiger partial charge in [0, 0.05) is 33.8 Å². The van der Waals surface area contributed by atoms with E-state index in [1.54, 1.807) is 36.4 Å². The van der Waals surface area contributed by atoms with Crippen molar-refractivity contribution in [3.05, 3.63) is 75.8 Å². The summed E-state index contributed by atoms with van der Waals surface area (Å²) in [7, 11) is 0. The number of carboxylic acid groups (broad SMARTS) is 1. The van der Waals surface area contributed by atoms with Crippen molar-refractivity contribution in [3.8, 4) is 39.6 Å². The lowest BCUT2D eigenvalue weighted by atomic mass is 9.97. The van der Waals surface area contributed by atoms with Crippen molar-refractivity contribution in [1.29, 1.82) is 10.5 Å². The number of aliphatic carboxylic acids is 1. The topological polar surface area (TPSA) is 257 Å². The minimum absolute atomic E-state index is 0.0128. The van der Waals surface area contributed by atoms with Crippen LogP contribution in [0, 0.1) is 22.7 Å². The highest BCUT2D eigenvalue weighted by Crippen LogP contribution is 2.37. The maximum atomic E-state index is 13.1. The molecule has 0 fully saturated rings. The number of nitrogen functional groups attached to an aromatic ring is 1. The van der Waals surface area contributed by atoms with Gasteiger partial charge in [0.05, 0.1) is 23.8 Å². The molecular weight excluding hydrogens is 712 g/mol. The number of carbonyl (C=O) groups is 2. The molecule has 0 saturated heterocycles. The van der Waals surface area contributed by atoms with Gasteiger partial charge in [0.25, 0.3) is 0 Å². The fourth-order valence-electron chi connectivity index (χ4n) is 4.90. The van der Waals surface area contributed by atoms with Crippen LogP contribution in [-0.2, 0) is 15.3 Å². The van der Waals surface area contributed by atoms with Crippen LogP contribution in [0.5, 0.6) is 5.75 Å².